The van der Waals surface area contributed by atoms with Crippen molar-refractivity contribution in [2.75, 3.05) is 0 Å². The first-order valence-corrected chi connectivity index (χ1v) is 4.50. The van der Waals surface area contributed by atoms with Crippen LogP contribution in [0.1, 0.15) is 29.7 Å². The molecule has 2 rings (SSSR count). The first-order valence-electron chi connectivity index (χ1n) is 4.12. The summed E-state index contributed by atoms with van der Waals surface area (Å²) in [4.78, 5) is 3.06. The van der Waals surface area contributed by atoms with Gasteiger partial charge in [0.25, 0.3) is 0 Å². The SMILES string of the molecule is N#Cc1c(Cl)[nH]c2c1CCCC2. The standard InChI is InChI=1S/C9H9ClN2/c10-9-7(5-11)6-3-1-2-4-8(6)12-9/h12H,1-4H2. The number of nitriles is 1. The van der Waals surface area contributed by atoms with Crippen molar-refractivity contribution in [1.82, 2.24) is 4.98 Å². The normalized spacial score (nSPS) is 15.3. The highest BCUT2D eigenvalue weighted by Crippen LogP contribution is 2.28. The minimum absolute atomic E-state index is 0.518. The number of hydrogen-bond donors (Lipinski definition) is 1. The van der Waals surface area contributed by atoms with Crippen LogP contribution >= 0.6 is 11.6 Å². The number of aryl methyl sites for hydroxylation is 1. The van der Waals surface area contributed by atoms with Gasteiger partial charge in [-0.25, -0.2) is 0 Å². The quantitative estimate of drug-likeness (QED) is 0.655. The highest BCUT2D eigenvalue weighted by molar-refractivity contribution is 6.30. The Balaban J connectivity index is 2.56. The average Bonchev–Trinajstić information content (AvgIpc) is 2.40. The summed E-state index contributed by atoms with van der Waals surface area (Å²) in [7, 11) is 0. The second-order valence-corrected chi connectivity index (χ2v) is 3.47. The molecule has 0 fully saturated rings. The second-order valence-electron chi connectivity index (χ2n) is 3.09. The van der Waals surface area contributed by atoms with Crippen LogP contribution < -0.4 is 0 Å². The maximum atomic E-state index is 8.81. The second kappa shape index (κ2) is 2.84. The molecule has 3 heteroatoms. The molecule has 0 saturated heterocycles. The van der Waals surface area contributed by atoms with Gasteiger partial charge in [0.05, 0.1) is 5.56 Å². The van der Waals surface area contributed by atoms with Crippen molar-refractivity contribution >= 4 is 11.6 Å². The molecular formula is C9H9ClN2. The molecule has 0 amide bonds. The Hall–Kier alpha value is -0.940. The zero-order chi connectivity index (χ0) is 8.55. The lowest BCUT2D eigenvalue weighted by molar-refractivity contribution is 0.676. The van der Waals surface area contributed by atoms with Gasteiger partial charge in [0, 0.05) is 5.69 Å². The number of halogens is 1. The molecule has 0 bridgehead atoms. The van der Waals surface area contributed by atoms with Crippen molar-refractivity contribution in [2.24, 2.45) is 0 Å². The van der Waals surface area contributed by atoms with Gasteiger partial charge in [-0.3, -0.25) is 0 Å². The van der Waals surface area contributed by atoms with Gasteiger partial charge in [-0.1, -0.05) is 11.6 Å². The van der Waals surface area contributed by atoms with Gasteiger partial charge in [0.1, 0.15) is 11.2 Å². The monoisotopic (exact) mass is 180 g/mol. The lowest BCUT2D eigenvalue weighted by atomic mass is 9.96. The first-order chi connectivity index (χ1) is 5.83. The summed E-state index contributed by atoms with van der Waals surface area (Å²) < 4.78 is 0. The third-order valence-electron chi connectivity index (χ3n) is 2.36. The van der Waals surface area contributed by atoms with E-state index in [1.807, 2.05) is 0 Å². The van der Waals surface area contributed by atoms with Gasteiger partial charge >= 0.3 is 0 Å². The molecule has 2 nitrogen and oxygen atoms in total. The largest absolute Gasteiger partial charge is 0.348 e. The molecule has 0 aliphatic heterocycles. The summed E-state index contributed by atoms with van der Waals surface area (Å²) in [6.07, 6.45) is 4.42. The molecule has 1 aromatic rings. The van der Waals surface area contributed by atoms with E-state index in [0.29, 0.717) is 10.7 Å². The van der Waals surface area contributed by atoms with E-state index in [-0.39, 0.29) is 0 Å². The van der Waals surface area contributed by atoms with Crippen molar-refractivity contribution in [2.45, 2.75) is 25.7 Å². The fourth-order valence-electron chi connectivity index (χ4n) is 1.76. The van der Waals surface area contributed by atoms with E-state index >= 15 is 0 Å². The molecule has 62 valence electrons. The molecule has 0 saturated carbocycles. The minimum Gasteiger partial charge on any atom is -0.348 e. The summed E-state index contributed by atoms with van der Waals surface area (Å²) in [5, 5.41) is 9.33. The maximum Gasteiger partial charge on any atom is 0.124 e. The van der Waals surface area contributed by atoms with Gasteiger partial charge in [-0.2, -0.15) is 5.26 Å². The Labute approximate surface area is 76.2 Å². The smallest absolute Gasteiger partial charge is 0.124 e. The predicted molar refractivity (Wildman–Crippen MR) is 47.2 cm³/mol. The van der Waals surface area contributed by atoms with Crippen LogP contribution in [0, 0.1) is 11.3 Å². The Morgan fingerprint density at radius 3 is 2.83 bits per heavy atom. The summed E-state index contributed by atoms with van der Waals surface area (Å²) in [5.41, 5.74) is 2.97. The zero-order valence-electron chi connectivity index (χ0n) is 6.65. The van der Waals surface area contributed by atoms with Crippen LogP contribution in [0.15, 0.2) is 0 Å². The van der Waals surface area contributed by atoms with Crippen molar-refractivity contribution < 1.29 is 0 Å². The molecule has 1 aromatic heterocycles. The number of aromatic nitrogens is 1. The molecule has 1 aliphatic carbocycles. The number of nitrogens with one attached hydrogen (secondary N) is 1. The predicted octanol–water partition coefficient (Wildman–Crippen LogP) is 2.42. The molecule has 12 heavy (non-hydrogen) atoms. The lowest BCUT2D eigenvalue weighted by Crippen LogP contribution is -2.01. The molecule has 1 aliphatic rings. The third-order valence-corrected chi connectivity index (χ3v) is 2.65. The topological polar surface area (TPSA) is 39.6 Å². The molecule has 0 spiro atoms. The minimum atomic E-state index is 0.518. The molecule has 0 atom stereocenters. The van der Waals surface area contributed by atoms with Crippen LogP contribution in [-0.4, -0.2) is 4.98 Å². The van der Waals surface area contributed by atoms with Crippen LogP contribution in [0.4, 0.5) is 0 Å². The summed E-state index contributed by atoms with van der Waals surface area (Å²) >= 11 is 5.86. The van der Waals surface area contributed by atoms with Crippen molar-refractivity contribution in [1.29, 1.82) is 5.26 Å². The fourth-order valence-corrected chi connectivity index (χ4v) is 2.03. The number of H-pyrrole nitrogens is 1. The average molecular weight is 181 g/mol. The van der Waals surface area contributed by atoms with Gasteiger partial charge in [-0.05, 0) is 31.2 Å². The van der Waals surface area contributed by atoms with Gasteiger partial charge in [-0.15, -0.1) is 0 Å². The van der Waals surface area contributed by atoms with Crippen molar-refractivity contribution in [3.8, 4) is 6.07 Å². The fraction of sp³-hybridized carbons (Fsp3) is 0.444. The number of fused-ring (bicyclic) bond motifs is 1. The van der Waals surface area contributed by atoms with Crippen LogP contribution in [0.3, 0.4) is 0 Å². The summed E-state index contributed by atoms with van der Waals surface area (Å²) in [6, 6.07) is 2.14. The van der Waals surface area contributed by atoms with E-state index < -0.39 is 0 Å². The molecule has 0 radical (unpaired) electrons. The number of nitrogens with zero attached hydrogens (tertiary/aromatic N) is 1. The van der Waals surface area contributed by atoms with Crippen LogP contribution in [-0.2, 0) is 12.8 Å². The summed E-state index contributed by atoms with van der Waals surface area (Å²) in [6.45, 7) is 0. The number of aromatic amines is 1. The van der Waals surface area contributed by atoms with Crippen LogP contribution in [0.5, 0.6) is 0 Å². The summed E-state index contributed by atoms with van der Waals surface area (Å²) in [5.74, 6) is 0. The Kier molecular flexibility index (Phi) is 1.82. The van der Waals surface area contributed by atoms with E-state index in [1.165, 1.54) is 18.5 Å². The van der Waals surface area contributed by atoms with Gasteiger partial charge < -0.3 is 4.98 Å². The van der Waals surface area contributed by atoms with Gasteiger partial charge in [0.15, 0.2) is 0 Å². The van der Waals surface area contributed by atoms with Crippen molar-refractivity contribution in [3.63, 3.8) is 0 Å². The molecule has 1 heterocycles. The molecule has 1 N–H and O–H groups in total. The van der Waals surface area contributed by atoms with Crippen LogP contribution in [0.25, 0.3) is 0 Å². The third kappa shape index (κ3) is 1.02. The molecule has 0 aromatic carbocycles. The molecular weight excluding hydrogens is 172 g/mol. The highest BCUT2D eigenvalue weighted by Gasteiger charge is 2.18. The Bertz CT molecular complexity index is 346. The van der Waals surface area contributed by atoms with E-state index in [4.69, 9.17) is 16.9 Å². The molecule has 0 unspecified atom stereocenters. The van der Waals surface area contributed by atoms with Crippen molar-refractivity contribution in [3.05, 3.63) is 22.0 Å². The van der Waals surface area contributed by atoms with E-state index in [0.717, 1.165) is 18.4 Å². The maximum absolute atomic E-state index is 8.81. The highest BCUT2D eigenvalue weighted by atomic mass is 35.5. The Morgan fingerprint density at radius 1 is 1.33 bits per heavy atom. The number of hydrogen-bond acceptors (Lipinski definition) is 1. The van der Waals surface area contributed by atoms with E-state index in [2.05, 4.69) is 11.1 Å². The lowest BCUT2D eigenvalue weighted by Gasteiger charge is -2.09. The van der Waals surface area contributed by atoms with Crippen LogP contribution in [0.2, 0.25) is 5.15 Å². The van der Waals surface area contributed by atoms with E-state index in [1.54, 1.807) is 0 Å². The van der Waals surface area contributed by atoms with E-state index in [9.17, 15) is 0 Å². The Morgan fingerprint density at radius 2 is 2.08 bits per heavy atom. The first kappa shape index (κ1) is 7.70. The number of rotatable bonds is 0. The van der Waals surface area contributed by atoms with Gasteiger partial charge in [0.2, 0.25) is 0 Å². The zero-order valence-corrected chi connectivity index (χ0v) is 7.41.